The van der Waals surface area contributed by atoms with Gasteiger partial charge in [0, 0.05) is 13.1 Å². The number of hydrogen-bond donors (Lipinski definition) is 0. The van der Waals surface area contributed by atoms with Gasteiger partial charge in [-0.2, -0.15) is 0 Å². The maximum atomic E-state index is 13.0. The summed E-state index contributed by atoms with van der Waals surface area (Å²) in [6.45, 7) is 3.89. The summed E-state index contributed by atoms with van der Waals surface area (Å²) >= 11 is 6.29. The number of carbonyl (C=O) groups is 2. The molecule has 2 amide bonds. The van der Waals surface area contributed by atoms with E-state index < -0.39 is 5.91 Å². The lowest BCUT2D eigenvalue weighted by molar-refractivity contribution is -0.121. The summed E-state index contributed by atoms with van der Waals surface area (Å²) in [4.78, 5) is 28.7. The Balaban J connectivity index is 1.92. The summed E-state index contributed by atoms with van der Waals surface area (Å²) in [5, 5.41) is 0.0352. The van der Waals surface area contributed by atoms with Crippen molar-refractivity contribution in [1.82, 2.24) is 4.90 Å². The number of benzene rings is 1. The zero-order valence-electron chi connectivity index (χ0n) is 14.4. The van der Waals surface area contributed by atoms with E-state index in [1.165, 1.54) is 11.3 Å². The van der Waals surface area contributed by atoms with Crippen LogP contribution in [0.4, 0.5) is 5.69 Å². The van der Waals surface area contributed by atoms with Gasteiger partial charge < -0.3 is 4.90 Å². The number of hydrogen-bond acceptors (Lipinski definition) is 3. The number of nitrogens with zero attached hydrogens (tertiary/aromatic N) is 2. The summed E-state index contributed by atoms with van der Waals surface area (Å²) in [6.07, 6.45) is 5.62. The maximum absolute atomic E-state index is 13.0. The van der Waals surface area contributed by atoms with Crippen LogP contribution in [0.2, 0.25) is 0 Å². The van der Waals surface area contributed by atoms with Crippen molar-refractivity contribution in [1.29, 1.82) is 0 Å². The molecule has 1 saturated carbocycles. The molecular weight excluding hydrogens is 324 g/mol. The van der Waals surface area contributed by atoms with Gasteiger partial charge in [-0.1, -0.05) is 48.6 Å². The van der Waals surface area contributed by atoms with Gasteiger partial charge >= 0.3 is 0 Å². The Hall–Kier alpha value is -1.81. The zero-order valence-corrected chi connectivity index (χ0v) is 15.2. The fraction of sp³-hybridized carbons (Fsp3) is 0.474. The van der Waals surface area contributed by atoms with Gasteiger partial charge in [0.2, 0.25) is 0 Å². The molecule has 0 radical (unpaired) electrons. The third-order valence-corrected chi connectivity index (χ3v) is 5.41. The van der Waals surface area contributed by atoms with Crippen molar-refractivity contribution in [3.63, 3.8) is 0 Å². The normalized spacial score (nSPS) is 19.4. The van der Waals surface area contributed by atoms with Crippen LogP contribution in [0.5, 0.6) is 0 Å². The first kappa shape index (κ1) is 17.0. The van der Waals surface area contributed by atoms with E-state index in [9.17, 15) is 9.59 Å². The highest BCUT2D eigenvalue weighted by Gasteiger charge is 2.42. The highest BCUT2D eigenvalue weighted by atomic mass is 35.5. The molecule has 5 heteroatoms. The van der Waals surface area contributed by atoms with Gasteiger partial charge in [0.05, 0.1) is 5.69 Å². The predicted octanol–water partition coefficient (Wildman–Crippen LogP) is 3.89. The lowest BCUT2D eigenvalue weighted by Crippen LogP contribution is -2.39. The number of amides is 2. The zero-order chi connectivity index (χ0) is 17.4. The van der Waals surface area contributed by atoms with Gasteiger partial charge in [-0.25, -0.2) is 4.90 Å². The molecule has 1 heterocycles. The summed E-state index contributed by atoms with van der Waals surface area (Å²) in [5.41, 5.74) is 2.94. The smallest absolute Gasteiger partial charge is 0.283 e. The first-order valence-corrected chi connectivity index (χ1v) is 8.88. The molecule has 4 nitrogen and oxygen atoms in total. The van der Waals surface area contributed by atoms with Crippen LogP contribution in [0.25, 0.3) is 0 Å². The van der Waals surface area contributed by atoms with Gasteiger partial charge in [-0.15, -0.1) is 0 Å². The standard InChI is InChI=1S/C19H23ClN2O2/c1-12-9-10-15(13(2)11-12)22-18(23)16(20)17(19(22)24)21(3)14-7-5-4-6-8-14/h9-11,14H,4-8H2,1-3H3. The number of rotatable bonds is 3. The second-order valence-electron chi connectivity index (χ2n) is 6.80. The van der Waals surface area contributed by atoms with E-state index in [0.29, 0.717) is 11.4 Å². The maximum Gasteiger partial charge on any atom is 0.283 e. The van der Waals surface area contributed by atoms with Crippen LogP contribution in [0.3, 0.4) is 0 Å². The van der Waals surface area contributed by atoms with Crippen LogP contribution in [0, 0.1) is 13.8 Å². The van der Waals surface area contributed by atoms with E-state index in [-0.39, 0.29) is 17.0 Å². The Morgan fingerprint density at radius 2 is 1.75 bits per heavy atom. The number of carbonyl (C=O) groups excluding carboxylic acids is 2. The van der Waals surface area contributed by atoms with Crippen LogP contribution in [0.15, 0.2) is 28.9 Å². The number of imide groups is 1. The lowest BCUT2D eigenvalue weighted by atomic mass is 9.94. The highest BCUT2D eigenvalue weighted by Crippen LogP contribution is 2.35. The van der Waals surface area contributed by atoms with Crippen molar-refractivity contribution in [3.05, 3.63) is 40.1 Å². The van der Waals surface area contributed by atoms with E-state index in [2.05, 4.69) is 0 Å². The van der Waals surface area contributed by atoms with Crippen LogP contribution >= 0.6 is 11.6 Å². The van der Waals surface area contributed by atoms with Gasteiger partial charge in [0.1, 0.15) is 10.7 Å². The molecule has 1 aliphatic carbocycles. The molecular formula is C19H23ClN2O2. The van der Waals surface area contributed by atoms with Crippen molar-refractivity contribution in [2.24, 2.45) is 0 Å². The van der Waals surface area contributed by atoms with Crippen LogP contribution < -0.4 is 4.90 Å². The van der Waals surface area contributed by atoms with Crippen LogP contribution in [-0.2, 0) is 9.59 Å². The SMILES string of the molecule is Cc1ccc(N2C(=O)C(Cl)=C(N(C)C3CCCCC3)C2=O)c(C)c1. The minimum absolute atomic E-state index is 0.0352. The van der Waals surface area contributed by atoms with Gasteiger partial charge in [0.15, 0.2) is 0 Å². The quantitative estimate of drug-likeness (QED) is 0.779. The van der Waals surface area contributed by atoms with Crippen molar-refractivity contribution >= 4 is 29.1 Å². The predicted molar refractivity (Wildman–Crippen MR) is 95.9 cm³/mol. The van der Waals surface area contributed by atoms with E-state index in [1.54, 1.807) is 0 Å². The number of anilines is 1. The second kappa shape index (κ2) is 6.60. The van der Waals surface area contributed by atoms with E-state index in [1.807, 2.05) is 44.0 Å². The summed E-state index contributed by atoms with van der Waals surface area (Å²) in [7, 11) is 1.88. The summed E-state index contributed by atoms with van der Waals surface area (Å²) in [6, 6.07) is 5.96. The van der Waals surface area contributed by atoms with Gasteiger partial charge in [0.25, 0.3) is 11.8 Å². The molecule has 0 unspecified atom stereocenters. The first-order valence-electron chi connectivity index (χ1n) is 8.50. The highest BCUT2D eigenvalue weighted by molar-refractivity contribution is 6.52. The topological polar surface area (TPSA) is 40.6 Å². The fourth-order valence-corrected chi connectivity index (χ4v) is 4.02. The van der Waals surface area contributed by atoms with Crippen LogP contribution in [0.1, 0.15) is 43.2 Å². The Labute approximate surface area is 148 Å². The minimum atomic E-state index is -0.425. The second-order valence-corrected chi connectivity index (χ2v) is 7.18. The lowest BCUT2D eigenvalue weighted by Gasteiger charge is -2.33. The Bertz CT molecular complexity index is 720. The van der Waals surface area contributed by atoms with E-state index >= 15 is 0 Å². The van der Waals surface area contributed by atoms with Crippen molar-refractivity contribution in [2.75, 3.05) is 11.9 Å². The first-order chi connectivity index (χ1) is 11.4. The molecule has 128 valence electrons. The Morgan fingerprint density at radius 1 is 1.08 bits per heavy atom. The largest absolute Gasteiger partial charge is 0.366 e. The van der Waals surface area contributed by atoms with E-state index in [0.717, 1.165) is 36.8 Å². The number of likely N-dealkylation sites (N-methyl/N-ethyl adjacent to an activating group) is 1. The summed E-state index contributed by atoms with van der Waals surface area (Å²) < 4.78 is 0. The molecule has 1 fully saturated rings. The molecule has 0 saturated heterocycles. The molecule has 1 aromatic rings. The van der Waals surface area contributed by atoms with E-state index in [4.69, 9.17) is 11.6 Å². The molecule has 0 spiro atoms. The molecule has 2 aliphatic rings. The third kappa shape index (κ3) is 2.84. The average Bonchev–Trinajstić information content (AvgIpc) is 2.78. The summed E-state index contributed by atoms with van der Waals surface area (Å²) in [5.74, 6) is -0.740. The van der Waals surface area contributed by atoms with Crippen molar-refractivity contribution < 1.29 is 9.59 Å². The third-order valence-electron chi connectivity index (χ3n) is 5.07. The number of aryl methyl sites for hydroxylation is 2. The Morgan fingerprint density at radius 3 is 2.38 bits per heavy atom. The molecule has 0 N–H and O–H groups in total. The Kier molecular flexibility index (Phi) is 4.68. The molecule has 0 bridgehead atoms. The number of halogens is 1. The molecule has 0 aromatic heterocycles. The molecule has 24 heavy (non-hydrogen) atoms. The minimum Gasteiger partial charge on any atom is -0.366 e. The van der Waals surface area contributed by atoms with Crippen molar-refractivity contribution in [2.45, 2.75) is 52.0 Å². The molecule has 3 rings (SSSR count). The molecule has 0 atom stereocenters. The van der Waals surface area contributed by atoms with Crippen LogP contribution in [-0.4, -0.2) is 29.8 Å². The molecule has 1 aliphatic heterocycles. The van der Waals surface area contributed by atoms with Gasteiger partial charge in [-0.05, 0) is 38.3 Å². The van der Waals surface area contributed by atoms with Gasteiger partial charge in [-0.3, -0.25) is 9.59 Å². The monoisotopic (exact) mass is 346 g/mol. The van der Waals surface area contributed by atoms with Crippen molar-refractivity contribution in [3.8, 4) is 0 Å². The average molecular weight is 347 g/mol. The fourth-order valence-electron chi connectivity index (χ4n) is 3.72. The molecule has 1 aromatic carbocycles.